The molecule has 130 valence electrons. The van der Waals surface area contributed by atoms with Crippen LogP contribution in [0, 0.1) is 0 Å². The Labute approximate surface area is 146 Å². The Morgan fingerprint density at radius 3 is 2.56 bits per heavy atom. The molecular weight excluding hydrogens is 320 g/mol. The molecule has 0 radical (unpaired) electrons. The van der Waals surface area contributed by atoms with Crippen LogP contribution in [0.3, 0.4) is 0 Å². The van der Waals surface area contributed by atoms with Crippen molar-refractivity contribution in [3.8, 4) is 11.5 Å². The summed E-state index contributed by atoms with van der Waals surface area (Å²) in [6, 6.07) is 13.5. The van der Waals surface area contributed by atoms with Crippen molar-refractivity contribution >= 4 is 11.8 Å². The van der Waals surface area contributed by atoms with Gasteiger partial charge in [0.2, 0.25) is 0 Å². The van der Waals surface area contributed by atoms with E-state index in [2.05, 4.69) is 0 Å². The van der Waals surface area contributed by atoms with Gasteiger partial charge in [-0.1, -0.05) is 18.2 Å². The largest absolute Gasteiger partial charge is 0.465 e. The van der Waals surface area contributed by atoms with Crippen molar-refractivity contribution < 1.29 is 23.8 Å². The molecule has 0 amide bonds. The lowest BCUT2D eigenvalue weighted by Gasteiger charge is -2.23. The van der Waals surface area contributed by atoms with Crippen LogP contribution in [0.1, 0.15) is 46.9 Å². The molecular formula is C20H20O5. The first-order valence-electron chi connectivity index (χ1n) is 8.34. The zero-order valence-corrected chi connectivity index (χ0v) is 14.1. The van der Waals surface area contributed by atoms with Gasteiger partial charge in [0.15, 0.2) is 12.1 Å². The van der Waals surface area contributed by atoms with Crippen LogP contribution in [-0.4, -0.2) is 24.6 Å². The molecule has 1 heterocycles. The number of esters is 1. The molecule has 0 N–H and O–H groups in total. The third-order valence-corrected chi connectivity index (χ3v) is 3.95. The van der Waals surface area contributed by atoms with Crippen LogP contribution in [0.15, 0.2) is 48.5 Å². The number of ether oxygens (including phenoxy) is 3. The molecule has 1 atom stereocenters. The Kier molecular flexibility index (Phi) is 5.46. The molecule has 1 aliphatic heterocycles. The summed E-state index contributed by atoms with van der Waals surface area (Å²) in [5, 5.41) is 0. The second-order valence-electron chi connectivity index (χ2n) is 5.88. The quantitative estimate of drug-likeness (QED) is 0.467. The van der Waals surface area contributed by atoms with E-state index in [-0.39, 0.29) is 17.8 Å². The fourth-order valence-corrected chi connectivity index (χ4v) is 2.64. The van der Waals surface area contributed by atoms with E-state index in [9.17, 15) is 9.59 Å². The monoisotopic (exact) mass is 340 g/mol. The summed E-state index contributed by atoms with van der Waals surface area (Å²) >= 11 is 0. The van der Waals surface area contributed by atoms with Crippen LogP contribution in [0.2, 0.25) is 0 Å². The smallest absolute Gasteiger partial charge is 0.343 e. The van der Waals surface area contributed by atoms with Gasteiger partial charge in [-0.15, -0.1) is 0 Å². The van der Waals surface area contributed by atoms with Crippen molar-refractivity contribution in [2.24, 2.45) is 0 Å². The van der Waals surface area contributed by atoms with Crippen LogP contribution in [0.4, 0.5) is 0 Å². The number of rotatable bonds is 5. The molecule has 1 saturated heterocycles. The van der Waals surface area contributed by atoms with E-state index in [4.69, 9.17) is 14.2 Å². The second-order valence-corrected chi connectivity index (χ2v) is 5.88. The number of hydrogen-bond acceptors (Lipinski definition) is 5. The van der Waals surface area contributed by atoms with Gasteiger partial charge in [0, 0.05) is 12.5 Å². The van der Waals surface area contributed by atoms with E-state index in [1.54, 1.807) is 42.5 Å². The average molecular weight is 340 g/mol. The van der Waals surface area contributed by atoms with Crippen LogP contribution in [-0.2, 0) is 4.74 Å². The second kappa shape index (κ2) is 7.94. The maximum Gasteiger partial charge on any atom is 0.343 e. The molecule has 25 heavy (non-hydrogen) atoms. The van der Waals surface area contributed by atoms with Crippen molar-refractivity contribution in [3.63, 3.8) is 0 Å². The van der Waals surface area contributed by atoms with Crippen molar-refractivity contribution in [1.29, 1.82) is 0 Å². The van der Waals surface area contributed by atoms with Crippen LogP contribution in [0.5, 0.6) is 11.5 Å². The van der Waals surface area contributed by atoms with E-state index in [1.807, 2.05) is 6.07 Å². The summed E-state index contributed by atoms with van der Waals surface area (Å²) in [5.74, 6) is -0.00656. The topological polar surface area (TPSA) is 61.8 Å². The minimum atomic E-state index is -0.519. The number of carbonyl (C=O) groups is 2. The number of carbonyl (C=O) groups excluding carboxylic acids is 2. The van der Waals surface area contributed by atoms with E-state index >= 15 is 0 Å². The standard InChI is InChI=1S/C20H20O5/c1-14(21)17-11-10-16(24-19-9-5-6-12-23-19)13-18(17)25-20(22)15-7-3-2-4-8-15/h2-4,7-8,10-11,13,19H,5-6,9,12H2,1H3. The molecule has 1 aliphatic rings. The highest BCUT2D eigenvalue weighted by atomic mass is 16.7. The van der Waals surface area contributed by atoms with Gasteiger partial charge in [-0.3, -0.25) is 4.79 Å². The Morgan fingerprint density at radius 2 is 1.88 bits per heavy atom. The SMILES string of the molecule is CC(=O)c1ccc(OC2CCCCO2)cc1OC(=O)c1ccccc1. The van der Waals surface area contributed by atoms with Crippen LogP contribution < -0.4 is 9.47 Å². The number of Topliss-reactive ketones (excluding diaryl/α,β-unsaturated/α-hetero) is 1. The summed E-state index contributed by atoms with van der Waals surface area (Å²) in [6.07, 6.45) is 2.58. The van der Waals surface area contributed by atoms with Crippen molar-refractivity contribution in [2.75, 3.05) is 6.61 Å². The van der Waals surface area contributed by atoms with Gasteiger partial charge in [0.25, 0.3) is 0 Å². The van der Waals surface area contributed by atoms with E-state index in [0.29, 0.717) is 23.5 Å². The molecule has 0 saturated carbocycles. The molecule has 3 rings (SSSR count). The first-order valence-corrected chi connectivity index (χ1v) is 8.34. The number of benzene rings is 2. The molecule has 5 heteroatoms. The molecule has 2 aromatic carbocycles. The summed E-state index contributed by atoms with van der Waals surface area (Å²) < 4.78 is 16.8. The minimum Gasteiger partial charge on any atom is -0.465 e. The first-order chi connectivity index (χ1) is 12.1. The van der Waals surface area contributed by atoms with E-state index in [1.165, 1.54) is 6.92 Å². The van der Waals surface area contributed by atoms with Gasteiger partial charge >= 0.3 is 5.97 Å². The normalized spacial score (nSPS) is 16.9. The molecule has 0 spiro atoms. The summed E-state index contributed by atoms with van der Waals surface area (Å²) in [6.45, 7) is 2.10. The predicted octanol–water partition coefficient (Wildman–Crippen LogP) is 4.01. The third-order valence-electron chi connectivity index (χ3n) is 3.95. The van der Waals surface area contributed by atoms with Crippen molar-refractivity contribution in [1.82, 2.24) is 0 Å². The molecule has 1 unspecified atom stereocenters. The zero-order valence-electron chi connectivity index (χ0n) is 14.1. The maximum atomic E-state index is 12.3. The lowest BCUT2D eigenvalue weighted by atomic mass is 10.1. The van der Waals surface area contributed by atoms with Crippen molar-refractivity contribution in [3.05, 3.63) is 59.7 Å². The Hall–Kier alpha value is -2.66. The van der Waals surface area contributed by atoms with Crippen molar-refractivity contribution in [2.45, 2.75) is 32.5 Å². The third kappa shape index (κ3) is 4.45. The highest BCUT2D eigenvalue weighted by molar-refractivity contribution is 5.99. The maximum absolute atomic E-state index is 12.3. The van der Waals surface area contributed by atoms with Gasteiger partial charge in [-0.2, -0.15) is 0 Å². The van der Waals surface area contributed by atoms with Gasteiger partial charge in [0.05, 0.1) is 17.7 Å². The molecule has 2 aromatic rings. The molecule has 0 bridgehead atoms. The highest BCUT2D eigenvalue weighted by Crippen LogP contribution is 2.28. The fourth-order valence-electron chi connectivity index (χ4n) is 2.64. The van der Waals surface area contributed by atoms with Gasteiger partial charge in [-0.05, 0) is 44.0 Å². The Balaban J connectivity index is 1.80. The predicted molar refractivity (Wildman–Crippen MR) is 92.1 cm³/mol. The number of hydrogen-bond donors (Lipinski definition) is 0. The van der Waals surface area contributed by atoms with Gasteiger partial charge < -0.3 is 14.2 Å². The first kappa shape index (κ1) is 17.2. The molecule has 0 aromatic heterocycles. The molecule has 5 nitrogen and oxygen atoms in total. The Morgan fingerprint density at radius 1 is 1.08 bits per heavy atom. The van der Waals surface area contributed by atoms with E-state index < -0.39 is 5.97 Å². The fraction of sp³-hybridized carbons (Fsp3) is 0.300. The molecule has 1 fully saturated rings. The number of ketones is 1. The Bertz CT molecular complexity index is 748. The summed E-state index contributed by atoms with van der Waals surface area (Å²) in [4.78, 5) is 24.1. The van der Waals surface area contributed by atoms with Gasteiger partial charge in [0.1, 0.15) is 11.5 Å². The lowest BCUT2D eigenvalue weighted by Crippen LogP contribution is -2.25. The van der Waals surface area contributed by atoms with Gasteiger partial charge in [-0.25, -0.2) is 4.79 Å². The minimum absolute atomic E-state index is 0.184. The zero-order chi connectivity index (χ0) is 17.6. The average Bonchev–Trinajstić information content (AvgIpc) is 2.63. The van der Waals surface area contributed by atoms with E-state index in [0.717, 1.165) is 19.3 Å². The summed E-state index contributed by atoms with van der Waals surface area (Å²) in [7, 11) is 0. The highest BCUT2D eigenvalue weighted by Gasteiger charge is 2.19. The van der Waals surface area contributed by atoms with Crippen LogP contribution in [0.25, 0.3) is 0 Å². The summed E-state index contributed by atoms with van der Waals surface area (Å²) in [5.41, 5.74) is 0.750. The molecule has 0 aliphatic carbocycles. The van der Waals surface area contributed by atoms with Crippen LogP contribution >= 0.6 is 0 Å². The lowest BCUT2D eigenvalue weighted by molar-refractivity contribution is -0.105.